The second-order valence-electron chi connectivity index (χ2n) is 2.98. The quantitative estimate of drug-likeness (QED) is 0.827. The molecule has 0 unspecified atom stereocenters. The van der Waals surface area contributed by atoms with E-state index in [0.29, 0.717) is 13.1 Å². The summed E-state index contributed by atoms with van der Waals surface area (Å²) in [6.07, 6.45) is 1.60. The van der Waals surface area contributed by atoms with Gasteiger partial charge in [-0.05, 0) is 12.1 Å². The highest BCUT2D eigenvalue weighted by molar-refractivity contribution is 6.31. The van der Waals surface area contributed by atoms with Gasteiger partial charge >= 0.3 is 0 Å². The van der Waals surface area contributed by atoms with E-state index >= 15 is 0 Å². The Kier molecular flexibility index (Phi) is 2.39. The van der Waals surface area contributed by atoms with Crippen molar-refractivity contribution in [1.82, 2.24) is 9.78 Å². The molecule has 3 nitrogen and oxygen atoms in total. The maximum Gasteiger partial charge on any atom is 0.142 e. The third kappa shape index (κ3) is 1.47. The van der Waals surface area contributed by atoms with Gasteiger partial charge in [0, 0.05) is 11.9 Å². The van der Waals surface area contributed by atoms with Gasteiger partial charge in [0.05, 0.1) is 23.3 Å². The van der Waals surface area contributed by atoms with Gasteiger partial charge in [-0.15, -0.1) is 0 Å². The molecule has 0 fully saturated rings. The van der Waals surface area contributed by atoms with Crippen molar-refractivity contribution in [2.75, 3.05) is 6.54 Å². The predicted molar refractivity (Wildman–Crippen MR) is 53.8 cm³/mol. The topological polar surface area (TPSA) is 43.8 Å². The second kappa shape index (κ2) is 3.55. The van der Waals surface area contributed by atoms with E-state index in [4.69, 9.17) is 17.3 Å². The van der Waals surface area contributed by atoms with Crippen LogP contribution in [0.3, 0.4) is 0 Å². The number of halogens is 2. The molecule has 74 valence electrons. The second-order valence-corrected chi connectivity index (χ2v) is 3.39. The van der Waals surface area contributed by atoms with E-state index in [-0.39, 0.29) is 5.02 Å². The highest BCUT2D eigenvalue weighted by Gasteiger charge is 2.06. The molecule has 2 N–H and O–H groups in total. The van der Waals surface area contributed by atoms with Crippen LogP contribution in [0.1, 0.15) is 0 Å². The summed E-state index contributed by atoms with van der Waals surface area (Å²) < 4.78 is 14.8. The molecule has 0 aliphatic heterocycles. The van der Waals surface area contributed by atoms with Crippen LogP contribution in [0.25, 0.3) is 10.9 Å². The Balaban J connectivity index is 2.61. The molecular weight excluding hydrogens is 205 g/mol. The zero-order valence-electron chi connectivity index (χ0n) is 7.37. The molecule has 0 bridgehead atoms. The Morgan fingerprint density at radius 2 is 2.29 bits per heavy atom. The van der Waals surface area contributed by atoms with Crippen LogP contribution in [0.2, 0.25) is 5.02 Å². The fourth-order valence-corrected chi connectivity index (χ4v) is 1.53. The maximum atomic E-state index is 13.1. The number of nitrogens with zero attached hydrogens (tertiary/aromatic N) is 2. The van der Waals surface area contributed by atoms with Crippen molar-refractivity contribution in [3.63, 3.8) is 0 Å². The molecule has 0 aliphatic carbocycles. The molecule has 1 heterocycles. The molecule has 0 aliphatic rings. The van der Waals surface area contributed by atoms with Gasteiger partial charge in [0.15, 0.2) is 0 Å². The first-order valence-corrected chi connectivity index (χ1v) is 4.61. The van der Waals surface area contributed by atoms with E-state index in [1.54, 1.807) is 16.9 Å². The number of hydrogen-bond donors (Lipinski definition) is 1. The van der Waals surface area contributed by atoms with Crippen molar-refractivity contribution in [1.29, 1.82) is 0 Å². The first kappa shape index (κ1) is 9.43. The number of hydrogen-bond acceptors (Lipinski definition) is 2. The van der Waals surface area contributed by atoms with Crippen LogP contribution in [0.5, 0.6) is 0 Å². The van der Waals surface area contributed by atoms with Gasteiger partial charge in [-0.25, -0.2) is 4.39 Å². The number of benzene rings is 1. The number of nitrogens with two attached hydrogens (primary N) is 1. The Bertz CT molecular complexity index is 466. The summed E-state index contributed by atoms with van der Waals surface area (Å²) >= 11 is 5.67. The molecule has 2 aromatic rings. The lowest BCUT2D eigenvalue weighted by molar-refractivity contribution is 0.628. The largest absolute Gasteiger partial charge is 0.329 e. The van der Waals surface area contributed by atoms with Crippen molar-refractivity contribution in [2.24, 2.45) is 5.73 Å². The monoisotopic (exact) mass is 213 g/mol. The molecule has 1 aromatic carbocycles. The molecule has 1 aromatic heterocycles. The normalized spacial score (nSPS) is 11.1. The molecule has 0 radical (unpaired) electrons. The highest BCUT2D eigenvalue weighted by Crippen LogP contribution is 2.22. The molecular formula is C9H9ClFN3. The Morgan fingerprint density at radius 3 is 3.00 bits per heavy atom. The molecule has 0 saturated carbocycles. The summed E-state index contributed by atoms with van der Waals surface area (Å²) in [4.78, 5) is 0. The van der Waals surface area contributed by atoms with E-state index < -0.39 is 5.82 Å². The Hall–Kier alpha value is -1.13. The summed E-state index contributed by atoms with van der Waals surface area (Å²) in [5.41, 5.74) is 6.22. The van der Waals surface area contributed by atoms with Crippen LogP contribution in [-0.2, 0) is 6.54 Å². The van der Waals surface area contributed by atoms with E-state index in [2.05, 4.69) is 5.10 Å². The molecule has 0 spiro atoms. The van der Waals surface area contributed by atoms with Crippen LogP contribution in [0.15, 0.2) is 18.3 Å². The van der Waals surface area contributed by atoms with Gasteiger partial charge in [-0.2, -0.15) is 5.10 Å². The lowest BCUT2D eigenvalue weighted by Crippen LogP contribution is -2.10. The van der Waals surface area contributed by atoms with Crippen LogP contribution in [0.4, 0.5) is 4.39 Å². The SMILES string of the molecule is NCCn1ncc2cc(F)c(Cl)cc21. The number of fused-ring (bicyclic) bond motifs is 1. The van der Waals surface area contributed by atoms with E-state index in [9.17, 15) is 4.39 Å². The fraction of sp³-hybridized carbons (Fsp3) is 0.222. The lowest BCUT2D eigenvalue weighted by atomic mass is 10.2. The number of aromatic nitrogens is 2. The van der Waals surface area contributed by atoms with Gasteiger partial charge in [0.2, 0.25) is 0 Å². The third-order valence-corrected chi connectivity index (χ3v) is 2.31. The van der Waals surface area contributed by atoms with Gasteiger partial charge in [0.1, 0.15) is 5.82 Å². The van der Waals surface area contributed by atoms with Crippen molar-refractivity contribution in [3.8, 4) is 0 Å². The minimum atomic E-state index is -0.425. The van der Waals surface area contributed by atoms with Crippen molar-refractivity contribution < 1.29 is 4.39 Å². The summed E-state index contributed by atoms with van der Waals surface area (Å²) in [5, 5.41) is 4.92. The smallest absolute Gasteiger partial charge is 0.142 e. The fourth-order valence-electron chi connectivity index (χ4n) is 1.37. The van der Waals surface area contributed by atoms with Gasteiger partial charge in [-0.3, -0.25) is 4.68 Å². The molecule has 0 atom stereocenters. The van der Waals surface area contributed by atoms with Crippen molar-refractivity contribution in [3.05, 3.63) is 29.2 Å². The van der Waals surface area contributed by atoms with Crippen LogP contribution < -0.4 is 5.73 Å². The molecule has 0 amide bonds. The molecule has 2 rings (SSSR count). The zero-order chi connectivity index (χ0) is 10.1. The highest BCUT2D eigenvalue weighted by atomic mass is 35.5. The van der Waals surface area contributed by atoms with Crippen LogP contribution in [-0.4, -0.2) is 16.3 Å². The number of rotatable bonds is 2. The standard InChI is InChI=1S/C9H9ClFN3/c10-7-4-9-6(3-8(7)11)5-13-14(9)2-1-12/h3-5H,1-2,12H2. The van der Waals surface area contributed by atoms with E-state index in [1.165, 1.54) is 6.07 Å². The summed E-state index contributed by atoms with van der Waals surface area (Å²) in [6.45, 7) is 1.09. The average Bonchev–Trinajstić information content (AvgIpc) is 2.51. The maximum absolute atomic E-state index is 13.1. The Morgan fingerprint density at radius 1 is 1.50 bits per heavy atom. The molecule has 5 heteroatoms. The minimum Gasteiger partial charge on any atom is -0.329 e. The van der Waals surface area contributed by atoms with E-state index in [1.807, 2.05) is 0 Å². The first-order chi connectivity index (χ1) is 6.72. The zero-order valence-corrected chi connectivity index (χ0v) is 8.13. The van der Waals surface area contributed by atoms with Gasteiger partial charge < -0.3 is 5.73 Å². The van der Waals surface area contributed by atoms with Gasteiger partial charge in [-0.1, -0.05) is 11.6 Å². The summed E-state index contributed by atoms with van der Waals surface area (Å²) in [5.74, 6) is -0.425. The van der Waals surface area contributed by atoms with Gasteiger partial charge in [0.25, 0.3) is 0 Å². The van der Waals surface area contributed by atoms with Crippen molar-refractivity contribution in [2.45, 2.75) is 6.54 Å². The Labute approximate surface area is 85.3 Å². The lowest BCUT2D eigenvalue weighted by Gasteiger charge is -2.01. The van der Waals surface area contributed by atoms with Crippen LogP contribution >= 0.6 is 11.6 Å². The minimum absolute atomic E-state index is 0.108. The van der Waals surface area contributed by atoms with E-state index in [0.717, 1.165) is 10.9 Å². The predicted octanol–water partition coefficient (Wildman–Crippen LogP) is 1.79. The van der Waals surface area contributed by atoms with Crippen molar-refractivity contribution >= 4 is 22.5 Å². The summed E-state index contributed by atoms with van der Waals surface area (Å²) in [7, 11) is 0. The third-order valence-electron chi connectivity index (χ3n) is 2.02. The average molecular weight is 214 g/mol. The molecule has 14 heavy (non-hydrogen) atoms. The molecule has 0 saturated heterocycles. The first-order valence-electron chi connectivity index (χ1n) is 4.23. The summed E-state index contributed by atoms with van der Waals surface area (Å²) in [6, 6.07) is 2.94. The van der Waals surface area contributed by atoms with Crippen LogP contribution in [0, 0.1) is 5.82 Å².